The van der Waals surface area contributed by atoms with Gasteiger partial charge in [0.25, 0.3) is 0 Å². The van der Waals surface area contributed by atoms with Gasteiger partial charge in [-0.25, -0.2) is 0 Å². The van der Waals surface area contributed by atoms with Crippen LogP contribution < -0.4 is 9.80 Å². The predicted octanol–water partition coefficient (Wildman–Crippen LogP) is 6.93. The van der Waals surface area contributed by atoms with E-state index in [1.807, 2.05) is 0 Å². The molecule has 0 bridgehead atoms. The Morgan fingerprint density at radius 3 is 1.11 bits per heavy atom. The average molecular weight is 364 g/mol. The number of nitrogens with zero attached hydrogens (tertiary/aromatic N) is 2. The molecule has 0 aliphatic carbocycles. The van der Waals surface area contributed by atoms with Crippen LogP contribution in [0.4, 0.5) is 22.7 Å². The van der Waals surface area contributed by atoms with Crippen LogP contribution in [-0.4, -0.2) is 6.67 Å². The lowest BCUT2D eigenvalue weighted by atomic mass is 10.2. The largest absolute Gasteiger partial charge is 0.323 e. The van der Waals surface area contributed by atoms with Crippen LogP contribution in [0.5, 0.6) is 0 Å². The van der Waals surface area contributed by atoms with Crippen LogP contribution in [0.1, 0.15) is 5.56 Å². The van der Waals surface area contributed by atoms with Crippen LogP contribution in [0.25, 0.3) is 0 Å². The van der Waals surface area contributed by atoms with E-state index in [-0.39, 0.29) is 0 Å². The van der Waals surface area contributed by atoms with Gasteiger partial charge >= 0.3 is 0 Å². The Hall–Kier alpha value is -3.52. The van der Waals surface area contributed by atoms with Gasteiger partial charge in [-0.3, -0.25) is 0 Å². The molecular weight excluding hydrogens is 340 g/mol. The molecule has 0 atom stereocenters. The van der Waals surface area contributed by atoms with Crippen molar-refractivity contribution in [3.63, 3.8) is 0 Å². The van der Waals surface area contributed by atoms with Crippen LogP contribution >= 0.6 is 0 Å². The molecule has 0 N–H and O–H groups in total. The lowest BCUT2D eigenvalue weighted by Gasteiger charge is -2.34. The van der Waals surface area contributed by atoms with Gasteiger partial charge in [0, 0.05) is 22.7 Å². The van der Waals surface area contributed by atoms with Crippen LogP contribution in [0, 0.1) is 6.92 Å². The Labute approximate surface area is 167 Å². The first kappa shape index (κ1) is 17.9. The highest BCUT2D eigenvalue weighted by atomic mass is 15.3. The highest BCUT2D eigenvalue weighted by Crippen LogP contribution is 2.31. The molecule has 0 amide bonds. The molecule has 0 spiro atoms. The third-order valence-corrected chi connectivity index (χ3v) is 4.83. The SMILES string of the molecule is Cc1ccc(N(CN(c2ccccc2)c2ccccc2)c2ccccc2)cc1. The molecule has 28 heavy (non-hydrogen) atoms. The lowest BCUT2D eigenvalue weighted by molar-refractivity contribution is 0.925. The van der Waals surface area contributed by atoms with Crippen LogP contribution in [0.15, 0.2) is 115 Å². The second-order valence-electron chi connectivity index (χ2n) is 6.84. The van der Waals surface area contributed by atoms with E-state index in [0.29, 0.717) is 6.67 Å². The second-order valence-corrected chi connectivity index (χ2v) is 6.84. The molecule has 0 saturated heterocycles. The van der Waals surface area contributed by atoms with Crippen molar-refractivity contribution in [1.29, 1.82) is 0 Å². The molecule has 0 radical (unpaired) electrons. The van der Waals surface area contributed by atoms with Crippen molar-refractivity contribution < 1.29 is 0 Å². The summed E-state index contributed by atoms with van der Waals surface area (Å²) >= 11 is 0. The van der Waals surface area contributed by atoms with Crippen LogP contribution in [-0.2, 0) is 0 Å². The molecule has 0 saturated carbocycles. The van der Waals surface area contributed by atoms with E-state index in [1.165, 1.54) is 28.3 Å². The Morgan fingerprint density at radius 1 is 0.429 bits per heavy atom. The summed E-state index contributed by atoms with van der Waals surface area (Å²) in [5.41, 5.74) is 5.94. The molecule has 0 unspecified atom stereocenters. The average Bonchev–Trinajstić information content (AvgIpc) is 2.77. The molecule has 0 aromatic heterocycles. The first-order chi connectivity index (χ1) is 13.8. The summed E-state index contributed by atoms with van der Waals surface area (Å²) in [6, 6.07) is 40.4. The highest BCUT2D eigenvalue weighted by Gasteiger charge is 2.16. The number of para-hydroxylation sites is 3. The third-order valence-electron chi connectivity index (χ3n) is 4.83. The molecule has 2 nitrogen and oxygen atoms in total. The molecule has 0 fully saturated rings. The summed E-state index contributed by atoms with van der Waals surface area (Å²) in [6.07, 6.45) is 0. The van der Waals surface area contributed by atoms with Gasteiger partial charge in [0.05, 0.1) is 6.67 Å². The molecule has 0 heterocycles. The third kappa shape index (κ3) is 4.07. The normalized spacial score (nSPS) is 10.5. The topological polar surface area (TPSA) is 6.48 Å². The maximum Gasteiger partial charge on any atom is 0.0999 e. The number of hydrogen-bond acceptors (Lipinski definition) is 2. The fraction of sp³-hybridized carbons (Fsp3) is 0.0769. The quantitative estimate of drug-likeness (QED) is 0.342. The van der Waals surface area contributed by atoms with Crippen molar-refractivity contribution in [2.24, 2.45) is 0 Å². The van der Waals surface area contributed by atoms with E-state index in [9.17, 15) is 0 Å². The second kappa shape index (κ2) is 8.45. The van der Waals surface area contributed by atoms with Gasteiger partial charge < -0.3 is 9.80 Å². The minimum atomic E-state index is 0.709. The fourth-order valence-electron chi connectivity index (χ4n) is 3.31. The Balaban J connectivity index is 1.77. The minimum absolute atomic E-state index is 0.709. The molecule has 4 rings (SSSR count). The van der Waals surface area contributed by atoms with Gasteiger partial charge in [-0.1, -0.05) is 72.3 Å². The van der Waals surface area contributed by atoms with E-state index >= 15 is 0 Å². The maximum atomic E-state index is 2.35. The van der Waals surface area contributed by atoms with Gasteiger partial charge in [-0.2, -0.15) is 0 Å². The van der Waals surface area contributed by atoms with E-state index < -0.39 is 0 Å². The highest BCUT2D eigenvalue weighted by molar-refractivity contribution is 5.69. The first-order valence-electron chi connectivity index (χ1n) is 9.58. The molecule has 4 aromatic rings. The number of anilines is 4. The number of benzene rings is 4. The molecule has 2 heteroatoms. The summed E-state index contributed by atoms with van der Waals surface area (Å²) in [5.74, 6) is 0. The Bertz CT molecular complexity index is 941. The van der Waals surface area contributed by atoms with Crippen LogP contribution in [0.3, 0.4) is 0 Å². The number of aryl methyl sites for hydroxylation is 1. The standard InChI is InChI=1S/C26H24N2/c1-22-17-19-26(20-18-22)28(25-15-9-4-10-16-25)21-27(23-11-5-2-6-12-23)24-13-7-3-8-14-24/h2-20H,21H2,1H3. The monoisotopic (exact) mass is 364 g/mol. The van der Waals surface area contributed by atoms with Crippen molar-refractivity contribution in [3.05, 3.63) is 121 Å². The smallest absolute Gasteiger partial charge is 0.0999 e. The van der Waals surface area contributed by atoms with Crippen molar-refractivity contribution in [1.82, 2.24) is 0 Å². The summed E-state index contributed by atoms with van der Waals surface area (Å²) in [6.45, 7) is 2.83. The molecule has 138 valence electrons. The van der Waals surface area contributed by atoms with Crippen molar-refractivity contribution in [3.8, 4) is 0 Å². The van der Waals surface area contributed by atoms with Gasteiger partial charge in [0.1, 0.15) is 0 Å². The van der Waals surface area contributed by atoms with Gasteiger partial charge in [0.15, 0.2) is 0 Å². The summed E-state index contributed by atoms with van der Waals surface area (Å²) in [5, 5.41) is 0. The summed E-state index contributed by atoms with van der Waals surface area (Å²) in [4.78, 5) is 4.69. The Kier molecular flexibility index (Phi) is 5.39. The summed E-state index contributed by atoms with van der Waals surface area (Å²) < 4.78 is 0. The number of hydrogen-bond donors (Lipinski definition) is 0. The van der Waals surface area contributed by atoms with Gasteiger partial charge in [-0.05, 0) is 55.5 Å². The van der Waals surface area contributed by atoms with E-state index in [2.05, 4.69) is 132 Å². The Morgan fingerprint density at radius 2 is 0.750 bits per heavy atom. The molecular formula is C26H24N2. The fourth-order valence-corrected chi connectivity index (χ4v) is 3.31. The van der Waals surface area contributed by atoms with E-state index in [0.717, 1.165) is 0 Å². The zero-order valence-electron chi connectivity index (χ0n) is 16.1. The zero-order valence-corrected chi connectivity index (χ0v) is 16.1. The first-order valence-corrected chi connectivity index (χ1v) is 9.58. The molecule has 0 aliphatic heterocycles. The lowest BCUT2D eigenvalue weighted by Crippen LogP contribution is -2.32. The van der Waals surface area contributed by atoms with Gasteiger partial charge in [-0.15, -0.1) is 0 Å². The summed E-state index contributed by atoms with van der Waals surface area (Å²) in [7, 11) is 0. The zero-order chi connectivity index (χ0) is 19.2. The van der Waals surface area contributed by atoms with Gasteiger partial charge in [0.2, 0.25) is 0 Å². The predicted molar refractivity (Wildman–Crippen MR) is 120 cm³/mol. The number of rotatable bonds is 6. The molecule has 0 aliphatic rings. The van der Waals surface area contributed by atoms with Crippen molar-refractivity contribution in [2.75, 3.05) is 16.5 Å². The van der Waals surface area contributed by atoms with Crippen molar-refractivity contribution in [2.45, 2.75) is 6.92 Å². The molecule has 4 aromatic carbocycles. The maximum absolute atomic E-state index is 2.35. The van der Waals surface area contributed by atoms with Crippen molar-refractivity contribution >= 4 is 22.7 Å². The van der Waals surface area contributed by atoms with E-state index in [4.69, 9.17) is 0 Å². The minimum Gasteiger partial charge on any atom is -0.323 e. The van der Waals surface area contributed by atoms with Crippen LogP contribution in [0.2, 0.25) is 0 Å². The van der Waals surface area contributed by atoms with E-state index in [1.54, 1.807) is 0 Å².